The standard InChI is InChI=1S/C11H18N2OS/c1-9-10(8-15-11(9)6-12)7-13-2-4-14-5-3-13/h8H,2-7,12H2,1H3. The Morgan fingerprint density at radius 2 is 2.20 bits per heavy atom. The Hall–Kier alpha value is -0.420. The van der Waals surface area contributed by atoms with Crippen molar-refractivity contribution in [3.05, 3.63) is 21.4 Å². The first kappa shape index (κ1) is 11.1. The molecule has 1 aliphatic rings. The molecule has 2 heterocycles. The molecule has 0 bridgehead atoms. The van der Waals surface area contributed by atoms with E-state index in [1.807, 2.05) is 0 Å². The average Bonchev–Trinajstić information content (AvgIpc) is 2.62. The van der Waals surface area contributed by atoms with Crippen molar-refractivity contribution in [3.8, 4) is 0 Å². The molecule has 0 unspecified atom stereocenters. The van der Waals surface area contributed by atoms with Crippen LogP contribution in [-0.2, 0) is 17.8 Å². The van der Waals surface area contributed by atoms with Gasteiger partial charge in [-0.1, -0.05) is 0 Å². The van der Waals surface area contributed by atoms with Gasteiger partial charge in [-0.05, 0) is 23.4 Å². The first-order valence-corrected chi connectivity index (χ1v) is 6.25. The topological polar surface area (TPSA) is 38.5 Å². The van der Waals surface area contributed by atoms with E-state index in [4.69, 9.17) is 10.5 Å². The van der Waals surface area contributed by atoms with Gasteiger partial charge in [-0.3, -0.25) is 4.90 Å². The van der Waals surface area contributed by atoms with Crippen molar-refractivity contribution < 1.29 is 4.74 Å². The molecule has 0 aliphatic carbocycles. The van der Waals surface area contributed by atoms with E-state index in [0.29, 0.717) is 6.54 Å². The maximum atomic E-state index is 5.67. The summed E-state index contributed by atoms with van der Waals surface area (Å²) >= 11 is 1.78. The van der Waals surface area contributed by atoms with Crippen LogP contribution in [0.3, 0.4) is 0 Å². The number of thiophene rings is 1. The molecule has 0 atom stereocenters. The molecule has 1 aromatic rings. The van der Waals surface area contributed by atoms with Crippen LogP contribution in [0.5, 0.6) is 0 Å². The lowest BCUT2D eigenvalue weighted by Gasteiger charge is -2.26. The molecule has 1 saturated heterocycles. The fourth-order valence-corrected chi connectivity index (χ4v) is 2.80. The van der Waals surface area contributed by atoms with Crippen molar-refractivity contribution in [1.29, 1.82) is 0 Å². The Kier molecular flexibility index (Phi) is 3.75. The number of nitrogens with zero attached hydrogens (tertiary/aromatic N) is 1. The molecule has 84 valence electrons. The summed E-state index contributed by atoms with van der Waals surface area (Å²) in [7, 11) is 0. The van der Waals surface area contributed by atoms with Gasteiger partial charge in [-0.2, -0.15) is 0 Å². The van der Waals surface area contributed by atoms with E-state index >= 15 is 0 Å². The predicted molar refractivity (Wildman–Crippen MR) is 63.0 cm³/mol. The van der Waals surface area contributed by atoms with Crippen LogP contribution >= 0.6 is 11.3 Å². The second kappa shape index (κ2) is 5.07. The molecule has 2 rings (SSSR count). The molecule has 2 N–H and O–H groups in total. The van der Waals surface area contributed by atoms with Crippen molar-refractivity contribution in [3.63, 3.8) is 0 Å². The Bertz CT molecular complexity index is 318. The first-order chi connectivity index (χ1) is 7.31. The van der Waals surface area contributed by atoms with Gasteiger partial charge in [0.2, 0.25) is 0 Å². The van der Waals surface area contributed by atoms with Gasteiger partial charge in [0.05, 0.1) is 13.2 Å². The fourth-order valence-electron chi connectivity index (χ4n) is 1.86. The van der Waals surface area contributed by atoms with E-state index in [9.17, 15) is 0 Å². The molecule has 0 saturated carbocycles. The second-order valence-corrected chi connectivity index (χ2v) is 4.87. The summed E-state index contributed by atoms with van der Waals surface area (Å²) in [4.78, 5) is 3.76. The van der Waals surface area contributed by atoms with Crippen molar-refractivity contribution in [2.24, 2.45) is 5.73 Å². The van der Waals surface area contributed by atoms with Crippen molar-refractivity contribution >= 4 is 11.3 Å². The highest BCUT2D eigenvalue weighted by atomic mass is 32.1. The fraction of sp³-hybridized carbons (Fsp3) is 0.636. The van der Waals surface area contributed by atoms with E-state index in [1.54, 1.807) is 11.3 Å². The molecule has 1 fully saturated rings. The van der Waals surface area contributed by atoms with Crippen LogP contribution in [-0.4, -0.2) is 31.2 Å². The number of nitrogens with two attached hydrogens (primary N) is 1. The largest absolute Gasteiger partial charge is 0.379 e. The Morgan fingerprint density at radius 1 is 1.47 bits per heavy atom. The summed E-state index contributed by atoms with van der Waals surface area (Å²) in [5, 5.41) is 2.24. The van der Waals surface area contributed by atoms with E-state index in [-0.39, 0.29) is 0 Å². The lowest BCUT2D eigenvalue weighted by atomic mass is 10.1. The van der Waals surface area contributed by atoms with E-state index in [0.717, 1.165) is 32.8 Å². The van der Waals surface area contributed by atoms with Gasteiger partial charge in [0.1, 0.15) is 0 Å². The Labute approximate surface area is 94.8 Å². The smallest absolute Gasteiger partial charge is 0.0594 e. The predicted octanol–water partition coefficient (Wildman–Crippen LogP) is 1.35. The van der Waals surface area contributed by atoms with E-state index in [2.05, 4.69) is 17.2 Å². The SMILES string of the molecule is Cc1c(CN2CCOCC2)csc1CN. The van der Waals surface area contributed by atoms with E-state index in [1.165, 1.54) is 16.0 Å². The molecule has 1 aromatic heterocycles. The third-order valence-corrected chi connectivity index (χ3v) is 4.09. The number of hydrogen-bond donors (Lipinski definition) is 1. The number of ether oxygens (including phenoxy) is 1. The minimum Gasteiger partial charge on any atom is -0.379 e. The maximum Gasteiger partial charge on any atom is 0.0594 e. The summed E-state index contributed by atoms with van der Waals surface area (Å²) in [6.45, 7) is 7.72. The summed E-state index contributed by atoms with van der Waals surface area (Å²) in [6, 6.07) is 0. The summed E-state index contributed by atoms with van der Waals surface area (Å²) in [6.07, 6.45) is 0. The number of hydrogen-bond acceptors (Lipinski definition) is 4. The summed E-state index contributed by atoms with van der Waals surface area (Å²) < 4.78 is 5.33. The van der Waals surface area contributed by atoms with Crippen molar-refractivity contribution in [2.45, 2.75) is 20.0 Å². The van der Waals surface area contributed by atoms with Crippen LogP contribution in [0, 0.1) is 6.92 Å². The van der Waals surface area contributed by atoms with Gasteiger partial charge in [-0.15, -0.1) is 11.3 Å². The van der Waals surface area contributed by atoms with Crippen LogP contribution in [0.25, 0.3) is 0 Å². The molecule has 4 heteroatoms. The molecule has 0 radical (unpaired) electrons. The molecular formula is C11H18N2OS. The highest BCUT2D eigenvalue weighted by Gasteiger charge is 2.13. The highest BCUT2D eigenvalue weighted by Crippen LogP contribution is 2.22. The third-order valence-electron chi connectivity index (χ3n) is 2.93. The van der Waals surface area contributed by atoms with Gasteiger partial charge < -0.3 is 10.5 Å². The van der Waals surface area contributed by atoms with E-state index < -0.39 is 0 Å². The summed E-state index contributed by atoms with van der Waals surface area (Å²) in [5.74, 6) is 0. The Morgan fingerprint density at radius 3 is 2.80 bits per heavy atom. The number of morpholine rings is 1. The highest BCUT2D eigenvalue weighted by molar-refractivity contribution is 7.10. The molecular weight excluding hydrogens is 208 g/mol. The Balaban J connectivity index is 2.00. The van der Waals surface area contributed by atoms with Crippen LogP contribution in [0.15, 0.2) is 5.38 Å². The molecule has 0 spiro atoms. The minimum absolute atomic E-state index is 0.666. The maximum absolute atomic E-state index is 5.67. The molecule has 1 aliphatic heterocycles. The second-order valence-electron chi connectivity index (χ2n) is 3.90. The minimum atomic E-state index is 0.666. The van der Waals surface area contributed by atoms with Gasteiger partial charge in [-0.25, -0.2) is 0 Å². The lowest BCUT2D eigenvalue weighted by molar-refractivity contribution is 0.0341. The monoisotopic (exact) mass is 226 g/mol. The molecule has 3 nitrogen and oxygen atoms in total. The van der Waals surface area contributed by atoms with Gasteiger partial charge >= 0.3 is 0 Å². The first-order valence-electron chi connectivity index (χ1n) is 5.37. The molecule has 0 aromatic carbocycles. The quantitative estimate of drug-likeness (QED) is 0.845. The van der Waals surface area contributed by atoms with Gasteiger partial charge in [0.15, 0.2) is 0 Å². The van der Waals surface area contributed by atoms with Crippen molar-refractivity contribution in [2.75, 3.05) is 26.3 Å². The van der Waals surface area contributed by atoms with Gasteiger partial charge in [0, 0.05) is 31.1 Å². The van der Waals surface area contributed by atoms with Gasteiger partial charge in [0.25, 0.3) is 0 Å². The zero-order chi connectivity index (χ0) is 10.7. The number of rotatable bonds is 3. The lowest BCUT2D eigenvalue weighted by Crippen LogP contribution is -2.35. The zero-order valence-electron chi connectivity index (χ0n) is 9.16. The average molecular weight is 226 g/mol. The van der Waals surface area contributed by atoms with Crippen molar-refractivity contribution in [1.82, 2.24) is 4.90 Å². The third kappa shape index (κ3) is 2.58. The molecule has 15 heavy (non-hydrogen) atoms. The molecule has 0 amide bonds. The van der Waals surface area contributed by atoms with Crippen LogP contribution in [0.4, 0.5) is 0 Å². The zero-order valence-corrected chi connectivity index (χ0v) is 9.98. The van der Waals surface area contributed by atoms with Crippen LogP contribution < -0.4 is 5.73 Å². The van der Waals surface area contributed by atoms with Crippen LogP contribution in [0.1, 0.15) is 16.0 Å². The normalized spacial score (nSPS) is 18.3. The van der Waals surface area contributed by atoms with Crippen LogP contribution in [0.2, 0.25) is 0 Å². The summed E-state index contributed by atoms with van der Waals surface area (Å²) in [5.41, 5.74) is 8.49.